The number of aryl methyl sites for hydroxylation is 1. The molecule has 0 spiro atoms. The van der Waals surface area contributed by atoms with E-state index >= 15 is 0 Å². The molecule has 3 nitrogen and oxygen atoms in total. The van der Waals surface area contributed by atoms with Gasteiger partial charge in [0.1, 0.15) is 0 Å². The number of rotatable bonds is 3. The van der Waals surface area contributed by atoms with Gasteiger partial charge < -0.3 is 11.1 Å². The Morgan fingerprint density at radius 2 is 2.21 bits per heavy atom. The van der Waals surface area contributed by atoms with Crippen molar-refractivity contribution in [2.24, 2.45) is 10.7 Å². The minimum atomic E-state index is 0.409. The summed E-state index contributed by atoms with van der Waals surface area (Å²) in [4.78, 5) is 3.84. The maximum absolute atomic E-state index is 5.69. The van der Waals surface area contributed by atoms with Crippen molar-refractivity contribution in [2.45, 2.75) is 6.42 Å². The Kier molecular flexibility index (Phi) is 4.26. The fourth-order valence-corrected chi connectivity index (χ4v) is 1.36. The number of para-hydroxylation sites is 1. The van der Waals surface area contributed by atoms with E-state index in [2.05, 4.69) is 10.3 Å². The molecule has 1 aromatic rings. The van der Waals surface area contributed by atoms with Crippen LogP contribution >= 0.6 is 11.6 Å². The molecule has 0 atom stereocenters. The van der Waals surface area contributed by atoms with Crippen molar-refractivity contribution in [1.29, 1.82) is 0 Å². The largest absolute Gasteiger partial charge is 0.370 e. The Morgan fingerprint density at radius 3 is 2.86 bits per heavy atom. The quantitative estimate of drug-likeness (QED) is 0.455. The van der Waals surface area contributed by atoms with Crippen molar-refractivity contribution in [1.82, 2.24) is 0 Å². The number of hydrogen-bond acceptors (Lipinski definition) is 1. The molecule has 0 heterocycles. The Bertz CT molecular complexity index is 323. The summed E-state index contributed by atoms with van der Waals surface area (Å²) < 4.78 is 0. The third kappa shape index (κ3) is 2.92. The third-order valence-corrected chi connectivity index (χ3v) is 2.07. The van der Waals surface area contributed by atoms with E-state index in [0.29, 0.717) is 11.8 Å². The summed E-state index contributed by atoms with van der Waals surface area (Å²) in [5.41, 5.74) is 7.69. The van der Waals surface area contributed by atoms with Crippen LogP contribution in [0, 0.1) is 0 Å². The van der Waals surface area contributed by atoms with Gasteiger partial charge in [0, 0.05) is 18.6 Å². The smallest absolute Gasteiger partial charge is 0.192 e. The van der Waals surface area contributed by atoms with Gasteiger partial charge in [-0.25, -0.2) is 0 Å². The molecule has 0 saturated heterocycles. The van der Waals surface area contributed by atoms with Gasteiger partial charge >= 0.3 is 0 Å². The van der Waals surface area contributed by atoms with Crippen molar-refractivity contribution >= 4 is 23.2 Å². The molecule has 76 valence electrons. The van der Waals surface area contributed by atoms with Gasteiger partial charge in [-0.1, -0.05) is 18.2 Å². The number of nitrogens with zero attached hydrogens (tertiary/aromatic N) is 1. The summed E-state index contributed by atoms with van der Waals surface area (Å²) in [6.45, 7) is 0. The van der Waals surface area contributed by atoms with Gasteiger partial charge in [-0.15, -0.1) is 11.6 Å². The van der Waals surface area contributed by atoms with E-state index in [1.807, 2.05) is 24.3 Å². The summed E-state index contributed by atoms with van der Waals surface area (Å²) in [5.74, 6) is 1.01. The van der Waals surface area contributed by atoms with E-state index in [1.165, 1.54) is 0 Å². The van der Waals surface area contributed by atoms with Gasteiger partial charge in [0.05, 0.1) is 0 Å². The van der Waals surface area contributed by atoms with Crippen LogP contribution in [0.5, 0.6) is 0 Å². The fraction of sp³-hybridized carbons (Fsp3) is 0.300. The molecular formula is C10H14ClN3. The zero-order valence-electron chi connectivity index (χ0n) is 8.13. The topological polar surface area (TPSA) is 50.4 Å². The van der Waals surface area contributed by atoms with Crippen LogP contribution in [-0.2, 0) is 6.42 Å². The summed E-state index contributed by atoms with van der Waals surface area (Å²) in [5, 5.41) is 3.01. The summed E-state index contributed by atoms with van der Waals surface area (Å²) in [6.07, 6.45) is 0.821. The number of anilines is 1. The van der Waals surface area contributed by atoms with Crippen molar-refractivity contribution in [3.8, 4) is 0 Å². The number of guanidine groups is 1. The molecule has 0 amide bonds. The number of benzene rings is 1. The van der Waals surface area contributed by atoms with E-state index < -0.39 is 0 Å². The number of nitrogens with two attached hydrogens (primary N) is 1. The molecule has 3 N–H and O–H groups in total. The highest BCUT2D eigenvalue weighted by Crippen LogP contribution is 2.15. The number of aliphatic imine (C=N–C) groups is 1. The molecule has 1 rings (SSSR count). The zero-order valence-corrected chi connectivity index (χ0v) is 8.88. The van der Waals surface area contributed by atoms with Crippen molar-refractivity contribution in [3.63, 3.8) is 0 Å². The normalized spacial score (nSPS) is 11.4. The molecule has 0 aliphatic rings. The standard InChI is InChI=1S/C10H14ClN3/c1-13-10(12)14-9-5-3-2-4-8(9)6-7-11/h2-5H,6-7H2,1H3,(H3,12,13,14). The van der Waals surface area contributed by atoms with Gasteiger partial charge in [0.25, 0.3) is 0 Å². The van der Waals surface area contributed by atoms with Gasteiger partial charge in [-0.3, -0.25) is 4.99 Å². The highest BCUT2D eigenvalue weighted by Gasteiger charge is 2.00. The van der Waals surface area contributed by atoms with Crippen LogP contribution in [0.1, 0.15) is 5.56 Å². The molecule has 0 fully saturated rings. The van der Waals surface area contributed by atoms with E-state index in [4.69, 9.17) is 17.3 Å². The van der Waals surface area contributed by atoms with Gasteiger partial charge in [0.15, 0.2) is 5.96 Å². The first-order valence-electron chi connectivity index (χ1n) is 4.41. The lowest BCUT2D eigenvalue weighted by atomic mass is 10.1. The summed E-state index contributed by atoms with van der Waals surface area (Å²) in [6, 6.07) is 7.91. The molecule has 4 heteroatoms. The predicted molar refractivity (Wildman–Crippen MR) is 62.0 cm³/mol. The maximum atomic E-state index is 5.69. The minimum Gasteiger partial charge on any atom is -0.370 e. The summed E-state index contributed by atoms with van der Waals surface area (Å²) >= 11 is 5.69. The molecule has 0 saturated carbocycles. The minimum absolute atomic E-state index is 0.409. The molecule has 1 aromatic carbocycles. The second kappa shape index (κ2) is 5.50. The Morgan fingerprint density at radius 1 is 1.50 bits per heavy atom. The lowest BCUT2D eigenvalue weighted by Crippen LogP contribution is -2.22. The van der Waals surface area contributed by atoms with Gasteiger partial charge in [0.2, 0.25) is 0 Å². The second-order valence-corrected chi connectivity index (χ2v) is 3.21. The monoisotopic (exact) mass is 211 g/mol. The molecule has 0 aromatic heterocycles. The molecular weight excluding hydrogens is 198 g/mol. The Labute approximate surface area is 89.0 Å². The Balaban J connectivity index is 2.84. The zero-order chi connectivity index (χ0) is 10.4. The first-order chi connectivity index (χ1) is 6.77. The second-order valence-electron chi connectivity index (χ2n) is 2.83. The van der Waals surface area contributed by atoms with E-state index in [-0.39, 0.29) is 0 Å². The summed E-state index contributed by atoms with van der Waals surface area (Å²) in [7, 11) is 1.65. The van der Waals surface area contributed by atoms with Crippen LogP contribution in [0.2, 0.25) is 0 Å². The fourth-order valence-electron chi connectivity index (χ4n) is 1.16. The molecule has 0 aliphatic heterocycles. The van der Waals surface area contributed by atoms with Gasteiger partial charge in [-0.2, -0.15) is 0 Å². The SMILES string of the molecule is CN=C(N)Nc1ccccc1CCCl. The first-order valence-corrected chi connectivity index (χ1v) is 4.94. The number of nitrogens with one attached hydrogen (secondary N) is 1. The van der Waals surface area contributed by atoms with Crippen LogP contribution in [0.15, 0.2) is 29.3 Å². The van der Waals surface area contributed by atoms with E-state index in [9.17, 15) is 0 Å². The first kappa shape index (κ1) is 10.9. The number of hydrogen-bond donors (Lipinski definition) is 2. The molecule has 0 aliphatic carbocycles. The average Bonchev–Trinajstić information content (AvgIpc) is 2.21. The van der Waals surface area contributed by atoms with Crippen molar-refractivity contribution in [3.05, 3.63) is 29.8 Å². The van der Waals surface area contributed by atoms with Crippen LogP contribution in [0.25, 0.3) is 0 Å². The number of alkyl halides is 1. The van der Waals surface area contributed by atoms with Crippen LogP contribution in [0.4, 0.5) is 5.69 Å². The maximum Gasteiger partial charge on any atom is 0.192 e. The highest BCUT2D eigenvalue weighted by molar-refractivity contribution is 6.18. The van der Waals surface area contributed by atoms with E-state index in [0.717, 1.165) is 17.7 Å². The van der Waals surface area contributed by atoms with Crippen LogP contribution in [0.3, 0.4) is 0 Å². The predicted octanol–water partition coefficient (Wildman–Crippen LogP) is 1.82. The van der Waals surface area contributed by atoms with Crippen molar-refractivity contribution < 1.29 is 0 Å². The average molecular weight is 212 g/mol. The molecule has 14 heavy (non-hydrogen) atoms. The molecule has 0 bridgehead atoms. The van der Waals surface area contributed by atoms with Gasteiger partial charge in [-0.05, 0) is 18.1 Å². The highest BCUT2D eigenvalue weighted by atomic mass is 35.5. The third-order valence-electron chi connectivity index (χ3n) is 1.88. The lowest BCUT2D eigenvalue weighted by Gasteiger charge is -2.09. The lowest BCUT2D eigenvalue weighted by molar-refractivity contribution is 1.15. The molecule has 0 unspecified atom stereocenters. The van der Waals surface area contributed by atoms with E-state index in [1.54, 1.807) is 7.05 Å². The Hall–Kier alpha value is -1.22. The van der Waals surface area contributed by atoms with Crippen LogP contribution in [-0.4, -0.2) is 18.9 Å². The van der Waals surface area contributed by atoms with Crippen LogP contribution < -0.4 is 11.1 Å². The van der Waals surface area contributed by atoms with Crippen molar-refractivity contribution in [2.75, 3.05) is 18.2 Å². The number of halogens is 1. The molecule has 0 radical (unpaired) electrons.